The third-order valence-corrected chi connectivity index (χ3v) is 2.11. The summed E-state index contributed by atoms with van der Waals surface area (Å²) < 4.78 is 4.67. The van der Waals surface area contributed by atoms with Crippen LogP contribution in [-0.2, 0) is 14.3 Å². The molecule has 0 fully saturated rings. The number of aliphatic hydroxyl groups excluding tert-OH is 1. The third kappa shape index (κ3) is 14.3. The number of carboxylic acids is 1. The summed E-state index contributed by atoms with van der Waals surface area (Å²) in [7, 11) is 0. The Labute approximate surface area is 114 Å². The van der Waals surface area contributed by atoms with E-state index in [2.05, 4.69) is 11.3 Å². The molecule has 0 rings (SSSR count). The van der Waals surface area contributed by atoms with E-state index < -0.39 is 12.1 Å². The van der Waals surface area contributed by atoms with E-state index in [-0.39, 0.29) is 11.5 Å². The fraction of sp³-hybridized carbons (Fsp3) is 0.571. The van der Waals surface area contributed by atoms with Gasteiger partial charge >= 0.3 is 11.9 Å². The fourth-order valence-electron chi connectivity index (χ4n) is 0.854. The summed E-state index contributed by atoms with van der Waals surface area (Å²) >= 11 is 0. The van der Waals surface area contributed by atoms with E-state index in [0.29, 0.717) is 13.0 Å². The molecule has 2 N–H and O–H groups in total. The smallest absolute Gasteiger partial charge is 0.331 e. The van der Waals surface area contributed by atoms with Gasteiger partial charge in [0.2, 0.25) is 0 Å². The maximum Gasteiger partial charge on any atom is 0.331 e. The van der Waals surface area contributed by atoms with Crippen molar-refractivity contribution in [2.45, 2.75) is 46.1 Å². The minimum absolute atomic E-state index is 0.189. The molecule has 0 aliphatic carbocycles. The molecular weight excluding hydrogens is 248 g/mol. The van der Waals surface area contributed by atoms with Gasteiger partial charge in [-0.05, 0) is 25.8 Å². The van der Waals surface area contributed by atoms with Gasteiger partial charge in [0.25, 0.3) is 0 Å². The molecule has 0 radical (unpaired) electrons. The lowest BCUT2D eigenvalue weighted by Gasteiger charge is -1.99. The highest BCUT2D eigenvalue weighted by Gasteiger charge is 2.02. The Morgan fingerprint density at radius 2 is 1.95 bits per heavy atom. The van der Waals surface area contributed by atoms with Crippen LogP contribution in [0.1, 0.15) is 40.0 Å². The molecule has 1 atom stereocenters. The van der Waals surface area contributed by atoms with Gasteiger partial charge in [-0.15, -0.1) is 0 Å². The molecule has 110 valence electrons. The van der Waals surface area contributed by atoms with E-state index in [0.717, 1.165) is 12.8 Å². The van der Waals surface area contributed by atoms with Crippen molar-refractivity contribution in [1.82, 2.24) is 0 Å². The van der Waals surface area contributed by atoms with Crippen LogP contribution in [0.5, 0.6) is 0 Å². The van der Waals surface area contributed by atoms with Crippen molar-refractivity contribution in [3.8, 4) is 0 Å². The Balaban J connectivity index is 0. The van der Waals surface area contributed by atoms with Gasteiger partial charge < -0.3 is 14.9 Å². The van der Waals surface area contributed by atoms with Crippen LogP contribution < -0.4 is 0 Å². The highest BCUT2D eigenvalue weighted by atomic mass is 16.5. The minimum Gasteiger partial charge on any atom is -0.478 e. The predicted octanol–water partition coefficient (Wildman–Crippen LogP) is 2.30. The zero-order chi connectivity index (χ0) is 15.3. The van der Waals surface area contributed by atoms with Gasteiger partial charge in [-0.25, -0.2) is 9.59 Å². The summed E-state index contributed by atoms with van der Waals surface area (Å²) in [5.41, 5.74) is 0.189. The van der Waals surface area contributed by atoms with Crippen LogP contribution >= 0.6 is 0 Å². The molecule has 0 aromatic rings. The van der Waals surface area contributed by atoms with Crippen LogP contribution in [0.2, 0.25) is 0 Å². The number of rotatable bonds is 7. The second kappa shape index (κ2) is 12.8. The summed E-state index contributed by atoms with van der Waals surface area (Å²) in [5, 5.41) is 17.3. The van der Waals surface area contributed by atoms with Gasteiger partial charge in [-0.1, -0.05) is 26.8 Å². The minimum atomic E-state index is -0.979. The van der Waals surface area contributed by atoms with E-state index in [1.807, 2.05) is 6.92 Å². The summed E-state index contributed by atoms with van der Waals surface area (Å²) in [5.74, 6) is -1.31. The van der Waals surface area contributed by atoms with E-state index in [4.69, 9.17) is 10.2 Å². The van der Waals surface area contributed by atoms with Crippen molar-refractivity contribution in [1.29, 1.82) is 0 Å². The first-order valence-electron chi connectivity index (χ1n) is 6.27. The first-order valence-corrected chi connectivity index (χ1v) is 6.27. The molecule has 0 heterocycles. The zero-order valence-electron chi connectivity index (χ0n) is 11.9. The molecule has 5 nitrogen and oxygen atoms in total. The van der Waals surface area contributed by atoms with Gasteiger partial charge in [0.15, 0.2) is 0 Å². The Hall–Kier alpha value is -1.62. The normalized spacial score (nSPS) is 11.9. The Morgan fingerprint density at radius 1 is 1.37 bits per heavy atom. The lowest BCUT2D eigenvalue weighted by Crippen LogP contribution is -2.04. The van der Waals surface area contributed by atoms with Crippen molar-refractivity contribution in [3.05, 3.63) is 24.3 Å². The molecule has 1 unspecified atom stereocenters. The quantitative estimate of drug-likeness (QED) is 0.422. The van der Waals surface area contributed by atoms with Gasteiger partial charge in [0.1, 0.15) is 0 Å². The van der Waals surface area contributed by atoms with E-state index in [1.54, 1.807) is 6.92 Å². The summed E-state index contributed by atoms with van der Waals surface area (Å²) in [6, 6.07) is 0. The molecule has 0 bridgehead atoms. The number of carbonyl (C=O) groups is 2. The van der Waals surface area contributed by atoms with E-state index in [1.165, 1.54) is 19.1 Å². The molecule has 0 amide bonds. The van der Waals surface area contributed by atoms with Gasteiger partial charge in [-0.2, -0.15) is 0 Å². The van der Waals surface area contributed by atoms with Crippen molar-refractivity contribution >= 4 is 11.9 Å². The average Bonchev–Trinajstić information content (AvgIpc) is 2.39. The molecule has 0 spiro atoms. The van der Waals surface area contributed by atoms with Crippen LogP contribution in [0.3, 0.4) is 0 Å². The van der Waals surface area contributed by atoms with Crippen LogP contribution in [0.15, 0.2) is 24.3 Å². The molecule has 0 aromatic heterocycles. The van der Waals surface area contributed by atoms with Gasteiger partial charge in [-0.3, -0.25) is 0 Å². The Bertz CT molecular complexity index is 307. The van der Waals surface area contributed by atoms with Crippen molar-refractivity contribution < 1.29 is 24.5 Å². The maximum atomic E-state index is 10.3. The fourth-order valence-corrected chi connectivity index (χ4v) is 0.854. The van der Waals surface area contributed by atoms with Crippen LogP contribution in [-0.4, -0.2) is 34.9 Å². The molecule has 0 aliphatic heterocycles. The molecule has 0 saturated heterocycles. The van der Waals surface area contributed by atoms with Crippen molar-refractivity contribution in [2.24, 2.45) is 0 Å². The number of aliphatic hydroxyl groups is 1. The molecule has 5 heteroatoms. The molecule has 19 heavy (non-hydrogen) atoms. The van der Waals surface area contributed by atoms with Crippen molar-refractivity contribution in [3.63, 3.8) is 0 Å². The second-order valence-corrected chi connectivity index (χ2v) is 3.86. The van der Waals surface area contributed by atoms with Crippen LogP contribution in [0.25, 0.3) is 0 Å². The third-order valence-electron chi connectivity index (χ3n) is 2.11. The number of aliphatic carboxylic acids is 1. The number of carboxylic acid groups (broad SMARTS) is 1. The maximum absolute atomic E-state index is 10.3. The van der Waals surface area contributed by atoms with Crippen molar-refractivity contribution in [2.75, 3.05) is 6.61 Å². The van der Waals surface area contributed by atoms with E-state index in [9.17, 15) is 9.59 Å². The number of hydrogen-bond acceptors (Lipinski definition) is 4. The molecule has 0 aromatic carbocycles. The number of esters is 1. The SMILES string of the molecule is C=CC(=O)OCCCC.CCC(O)C=C(C)C(=O)O. The largest absolute Gasteiger partial charge is 0.478 e. The highest BCUT2D eigenvalue weighted by molar-refractivity contribution is 5.85. The predicted molar refractivity (Wildman–Crippen MR) is 73.8 cm³/mol. The number of carbonyl (C=O) groups excluding carboxylic acids is 1. The van der Waals surface area contributed by atoms with Crippen LogP contribution in [0, 0.1) is 0 Å². The average molecular weight is 272 g/mol. The summed E-state index contributed by atoms with van der Waals surface area (Å²) in [6.07, 6.45) is 4.41. The van der Waals surface area contributed by atoms with Gasteiger partial charge in [0.05, 0.1) is 12.7 Å². The van der Waals surface area contributed by atoms with Crippen LogP contribution in [0.4, 0.5) is 0 Å². The lowest BCUT2D eigenvalue weighted by molar-refractivity contribution is -0.138. The first-order chi connectivity index (χ1) is 8.88. The zero-order valence-corrected chi connectivity index (χ0v) is 11.9. The number of unbranched alkanes of at least 4 members (excludes halogenated alkanes) is 1. The Kier molecular flexibility index (Phi) is 13.3. The summed E-state index contributed by atoms with van der Waals surface area (Å²) in [4.78, 5) is 20.5. The Morgan fingerprint density at radius 3 is 2.32 bits per heavy atom. The lowest BCUT2D eigenvalue weighted by atomic mass is 10.2. The number of ether oxygens (including phenoxy) is 1. The monoisotopic (exact) mass is 272 g/mol. The summed E-state index contributed by atoms with van der Waals surface area (Å²) in [6.45, 7) is 9.07. The highest BCUT2D eigenvalue weighted by Crippen LogP contribution is 1.98. The molecule has 0 aliphatic rings. The first kappa shape index (κ1) is 19.7. The standard InChI is InChI=1S/C7H12O3.C7H12O2/c1-3-6(8)4-5(2)7(9)10;1-3-5-6-9-7(8)4-2/h4,6,8H,3H2,1-2H3,(H,9,10);4H,2-3,5-6H2,1H3. The topological polar surface area (TPSA) is 83.8 Å². The second-order valence-electron chi connectivity index (χ2n) is 3.86. The molecule has 0 saturated carbocycles. The van der Waals surface area contributed by atoms with E-state index >= 15 is 0 Å². The molecular formula is C14H24O5. The van der Waals surface area contributed by atoms with Gasteiger partial charge in [0, 0.05) is 11.6 Å². The number of hydrogen-bond donors (Lipinski definition) is 2.